The molecular weight excluding hydrogens is 402 g/mol. The summed E-state index contributed by atoms with van der Waals surface area (Å²) in [6.07, 6.45) is 0.128. The number of allylic oxidation sites excluding steroid dienone is 1. The molecule has 1 atom stereocenters. The van der Waals surface area contributed by atoms with E-state index in [1.807, 2.05) is 27.7 Å². The summed E-state index contributed by atoms with van der Waals surface area (Å²) in [4.78, 5) is 38.4. The van der Waals surface area contributed by atoms with Gasteiger partial charge < -0.3 is 15.0 Å². The van der Waals surface area contributed by atoms with Gasteiger partial charge in [-0.15, -0.1) is 0 Å². The van der Waals surface area contributed by atoms with Gasteiger partial charge in [0, 0.05) is 24.4 Å². The number of carbonyl (C=O) groups excluding carboxylic acids is 3. The van der Waals surface area contributed by atoms with E-state index in [2.05, 4.69) is 11.4 Å². The molecule has 7 nitrogen and oxygen atoms in total. The van der Waals surface area contributed by atoms with Gasteiger partial charge in [0.05, 0.1) is 35.1 Å². The SMILES string of the molecule is COC(=O)c1ccc([C@@H]2CC(=O)NC(SCC(=O)N(C(C)C)C(C)C)=C2C#N)cc1. The van der Waals surface area contributed by atoms with Gasteiger partial charge in [0.2, 0.25) is 11.8 Å². The number of hydrogen-bond donors (Lipinski definition) is 1. The predicted octanol–water partition coefficient (Wildman–Crippen LogP) is 3.19. The zero-order valence-corrected chi connectivity index (χ0v) is 18.7. The fourth-order valence-electron chi connectivity index (χ4n) is 3.57. The quantitative estimate of drug-likeness (QED) is 0.668. The standard InChI is InChI=1S/C22H27N3O4S/c1-13(2)25(14(3)4)20(27)12-30-21-18(11-23)17(10-19(26)24-21)15-6-8-16(9-7-15)22(28)29-5/h6-9,13-14,17H,10,12H2,1-5H3,(H,24,26)/t17-/m0/s1. The summed E-state index contributed by atoms with van der Waals surface area (Å²) in [6.45, 7) is 7.83. The molecule has 0 spiro atoms. The molecule has 1 aliphatic rings. The molecule has 0 radical (unpaired) electrons. The number of thioether (sulfide) groups is 1. The molecule has 0 bridgehead atoms. The Morgan fingerprint density at radius 3 is 2.33 bits per heavy atom. The Hall–Kier alpha value is -2.79. The molecule has 0 aromatic heterocycles. The van der Waals surface area contributed by atoms with E-state index in [1.165, 1.54) is 18.9 Å². The van der Waals surface area contributed by atoms with Gasteiger partial charge in [0.25, 0.3) is 0 Å². The summed E-state index contributed by atoms with van der Waals surface area (Å²) in [5.41, 5.74) is 1.56. The average molecular weight is 430 g/mol. The third-order valence-electron chi connectivity index (χ3n) is 4.83. The first-order chi connectivity index (χ1) is 14.2. The monoisotopic (exact) mass is 429 g/mol. The van der Waals surface area contributed by atoms with Crippen LogP contribution in [0.2, 0.25) is 0 Å². The smallest absolute Gasteiger partial charge is 0.337 e. The zero-order chi connectivity index (χ0) is 22.4. The highest BCUT2D eigenvalue weighted by Gasteiger charge is 2.30. The molecule has 1 aromatic rings. The first kappa shape index (κ1) is 23.5. The number of ether oxygens (including phenoxy) is 1. The Morgan fingerprint density at radius 2 is 1.83 bits per heavy atom. The molecule has 1 aliphatic heterocycles. The molecule has 2 rings (SSSR count). The average Bonchev–Trinajstić information content (AvgIpc) is 2.70. The van der Waals surface area contributed by atoms with Crippen LogP contribution in [0.1, 0.15) is 56.0 Å². The topological polar surface area (TPSA) is 99.5 Å². The fourth-order valence-corrected chi connectivity index (χ4v) is 4.51. The van der Waals surface area contributed by atoms with Crippen LogP contribution in [0.25, 0.3) is 0 Å². The van der Waals surface area contributed by atoms with Gasteiger partial charge in [0.15, 0.2) is 0 Å². The number of amides is 2. The lowest BCUT2D eigenvalue weighted by Gasteiger charge is -2.31. The maximum Gasteiger partial charge on any atom is 0.337 e. The van der Waals surface area contributed by atoms with Crippen molar-refractivity contribution in [3.05, 3.63) is 46.0 Å². The van der Waals surface area contributed by atoms with Crippen LogP contribution in [0.15, 0.2) is 34.9 Å². The maximum absolute atomic E-state index is 12.7. The second kappa shape index (κ2) is 10.3. The van der Waals surface area contributed by atoms with Crippen molar-refractivity contribution >= 4 is 29.5 Å². The van der Waals surface area contributed by atoms with Gasteiger partial charge in [-0.2, -0.15) is 5.26 Å². The van der Waals surface area contributed by atoms with E-state index in [0.29, 0.717) is 16.2 Å². The van der Waals surface area contributed by atoms with Crippen LogP contribution < -0.4 is 5.32 Å². The van der Waals surface area contributed by atoms with Crippen LogP contribution >= 0.6 is 11.8 Å². The van der Waals surface area contributed by atoms with Crippen molar-refractivity contribution in [2.75, 3.05) is 12.9 Å². The number of methoxy groups -OCH3 is 1. The zero-order valence-electron chi connectivity index (χ0n) is 17.9. The number of nitrogens with one attached hydrogen (secondary N) is 1. The number of hydrogen-bond acceptors (Lipinski definition) is 6. The highest BCUT2D eigenvalue weighted by atomic mass is 32.2. The van der Waals surface area contributed by atoms with Crippen LogP contribution in [0.5, 0.6) is 0 Å². The molecular formula is C22H27N3O4S. The van der Waals surface area contributed by atoms with Crippen molar-refractivity contribution in [1.82, 2.24) is 10.2 Å². The van der Waals surface area contributed by atoms with Crippen LogP contribution in [0.4, 0.5) is 0 Å². The number of rotatable bonds is 7. The van der Waals surface area contributed by atoms with Gasteiger partial charge >= 0.3 is 5.97 Å². The van der Waals surface area contributed by atoms with Crippen molar-refractivity contribution in [2.45, 2.75) is 52.1 Å². The second-order valence-corrected chi connectivity index (χ2v) is 8.54. The molecule has 1 aromatic carbocycles. The lowest BCUT2D eigenvalue weighted by molar-refractivity contribution is -0.131. The molecule has 30 heavy (non-hydrogen) atoms. The first-order valence-corrected chi connectivity index (χ1v) is 10.7. The van der Waals surface area contributed by atoms with Crippen LogP contribution in [-0.2, 0) is 14.3 Å². The minimum atomic E-state index is -0.450. The summed E-state index contributed by atoms with van der Waals surface area (Å²) in [6, 6.07) is 8.99. The summed E-state index contributed by atoms with van der Waals surface area (Å²) >= 11 is 1.18. The summed E-state index contributed by atoms with van der Waals surface area (Å²) in [7, 11) is 1.31. The van der Waals surface area contributed by atoms with E-state index in [9.17, 15) is 19.6 Å². The Bertz CT molecular complexity index is 877. The van der Waals surface area contributed by atoms with Crippen molar-refractivity contribution in [3.63, 3.8) is 0 Å². The maximum atomic E-state index is 12.7. The molecule has 0 aliphatic carbocycles. The largest absolute Gasteiger partial charge is 0.465 e. The Labute approximate surface area is 181 Å². The van der Waals surface area contributed by atoms with Gasteiger partial charge in [-0.3, -0.25) is 9.59 Å². The van der Waals surface area contributed by atoms with E-state index < -0.39 is 11.9 Å². The molecule has 0 saturated carbocycles. The van der Waals surface area contributed by atoms with Crippen molar-refractivity contribution in [3.8, 4) is 6.07 Å². The van der Waals surface area contributed by atoms with E-state index in [-0.39, 0.29) is 36.1 Å². The van der Waals surface area contributed by atoms with Gasteiger partial charge in [-0.25, -0.2) is 4.79 Å². The summed E-state index contributed by atoms with van der Waals surface area (Å²) in [5, 5.41) is 12.9. The highest BCUT2D eigenvalue weighted by Crippen LogP contribution is 2.36. The molecule has 0 fully saturated rings. The van der Waals surface area contributed by atoms with Gasteiger partial charge in [-0.1, -0.05) is 23.9 Å². The number of nitrogens with zero attached hydrogens (tertiary/aromatic N) is 2. The lowest BCUT2D eigenvalue weighted by Crippen LogP contribution is -2.43. The second-order valence-electron chi connectivity index (χ2n) is 7.55. The molecule has 0 saturated heterocycles. The van der Waals surface area contributed by atoms with Crippen LogP contribution in [0.3, 0.4) is 0 Å². The summed E-state index contributed by atoms with van der Waals surface area (Å²) < 4.78 is 4.70. The number of carbonyl (C=O) groups is 3. The van der Waals surface area contributed by atoms with E-state index in [0.717, 1.165) is 5.56 Å². The van der Waals surface area contributed by atoms with Gasteiger partial charge in [0.1, 0.15) is 0 Å². The first-order valence-electron chi connectivity index (χ1n) is 9.75. The minimum Gasteiger partial charge on any atom is -0.465 e. The normalized spacial score (nSPS) is 16.3. The number of nitriles is 1. The molecule has 1 N–H and O–H groups in total. The van der Waals surface area contributed by atoms with E-state index in [1.54, 1.807) is 29.2 Å². The third-order valence-corrected chi connectivity index (χ3v) is 5.83. The minimum absolute atomic E-state index is 0.0476. The molecule has 1 heterocycles. The highest BCUT2D eigenvalue weighted by molar-refractivity contribution is 8.03. The molecule has 0 unspecified atom stereocenters. The Balaban J connectivity index is 2.26. The third kappa shape index (κ3) is 5.42. The van der Waals surface area contributed by atoms with Crippen LogP contribution in [0, 0.1) is 11.3 Å². The molecule has 2 amide bonds. The molecule has 160 valence electrons. The number of esters is 1. The number of benzene rings is 1. The Kier molecular flexibility index (Phi) is 8.07. The fraction of sp³-hybridized carbons (Fsp3) is 0.455. The lowest BCUT2D eigenvalue weighted by atomic mass is 9.87. The van der Waals surface area contributed by atoms with Gasteiger partial charge in [-0.05, 0) is 45.4 Å². The molecule has 8 heteroatoms. The Morgan fingerprint density at radius 1 is 1.23 bits per heavy atom. The van der Waals surface area contributed by atoms with E-state index >= 15 is 0 Å². The van der Waals surface area contributed by atoms with Crippen molar-refractivity contribution in [2.24, 2.45) is 0 Å². The van der Waals surface area contributed by atoms with Crippen molar-refractivity contribution < 1.29 is 19.1 Å². The van der Waals surface area contributed by atoms with E-state index in [4.69, 9.17) is 4.74 Å². The predicted molar refractivity (Wildman–Crippen MR) is 115 cm³/mol. The summed E-state index contributed by atoms with van der Waals surface area (Å²) in [5.74, 6) is -1.01. The van der Waals surface area contributed by atoms with Crippen molar-refractivity contribution in [1.29, 1.82) is 5.26 Å². The van der Waals surface area contributed by atoms with Crippen LogP contribution in [-0.4, -0.2) is 47.6 Å².